The second kappa shape index (κ2) is 6.55. The van der Waals surface area contributed by atoms with Gasteiger partial charge in [-0.25, -0.2) is 0 Å². The van der Waals surface area contributed by atoms with E-state index in [-0.39, 0.29) is 6.61 Å². The maximum atomic E-state index is 10.9. The summed E-state index contributed by atoms with van der Waals surface area (Å²) >= 11 is -2.71. The Morgan fingerprint density at radius 3 is 1.94 bits per heavy atom. The molecule has 0 atom stereocenters. The van der Waals surface area contributed by atoms with Crippen LogP contribution >= 0.6 is 20.6 Å². The van der Waals surface area contributed by atoms with Crippen LogP contribution in [-0.2, 0) is 22.3 Å². The molecule has 0 saturated carbocycles. The zero-order valence-electron chi connectivity index (χ0n) is 9.47. The van der Waals surface area contributed by atoms with Crippen LogP contribution in [0.1, 0.15) is 19.4 Å². The molecule has 94 valence electrons. The molecule has 17 heavy (non-hydrogen) atoms. The Morgan fingerprint density at radius 1 is 1.12 bits per heavy atom. The van der Waals surface area contributed by atoms with E-state index in [0.29, 0.717) is 3.57 Å². The molecule has 1 N–H and O–H groups in total. The average Bonchev–Trinajstić information content (AvgIpc) is 2.27. The summed E-state index contributed by atoms with van der Waals surface area (Å²) in [6.07, 6.45) is 0. The van der Waals surface area contributed by atoms with Gasteiger partial charge in [0.25, 0.3) is 0 Å². The van der Waals surface area contributed by atoms with E-state index in [1.54, 1.807) is 24.3 Å². The van der Waals surface area contributed by atoms with E-state index in [1.807, 2.05) is 0 Å². The Morgan fingerprint density at radius 2 is 1.59 bits per heavy atom. The molecule has 1 rings (SSSR count). The minimum absolute atomic E-state index is 0.0599. The number of hydrogen-bond acceptors (Lipinski definition) is 5. The first-order chi connectivity index (χ1) is 8.02. The summed E-state index contributed by atoms with van der Waals surface area (Å²) in [5.74, 6) is -0.939. The predicted octanol–water partition coefficient (Wildman–Crippen LogP) is 1.81. The molecule has 0 aliphatic carbocycles. The third-order valence-electron chi connectivity index (χ3n) is 1.63. The normalized spacial score (nSPS) is 10.6. The van der Waals surface area contributed by atoms with Gasteiger partial charge in [-0.05, 0) is 0 Å². The van der Waals surface area contributed by atoms with Crippen LogP contribution in [0.25, 0.3) is 0 Å². The minimum atomic E-state index is -2.71. The standard InChI is InChI=1S/C11H13IO5/c1-8(14)16-12(17-9(2)15)11-5-3-10(7-13)4-6-11/h3-6,13H,7H2,1-2H3. The molecule has 1 aromatic carbocycles. The number of carbonyl (C=O) groups excluding carboxylic acids is 2. The molecule has 1 aromatic rings. The molecule has 0 amide bonds. The van der Waals surface area contributed by atoms with Crippen LogP contribution < -0.4 is 0 Å². The Balaban J connectivity index is 2.86. The van der Waals surface area contributed by atoms with Crippen LogP contribution in [0.3, 0.4) is 0 Å². The number of halogens is 1. The van der Waals surface area contributed by atoms with Crippen molar-refractivity contribution in [1.82, 2.24) is 0 Å². The molecule has 0 spiro atoms. The number of rotatable bonds is 4. The first-order valence-electron chi connectivity index (χ1n) is 4.81. The van der Waals surface area contributed by atoms with Crippen molar-refractivity contribution < 1.29 is 20.8 Å². The van der Waals surface area contributed by atoms with Crippen LogP contribution in [0.15, 0.2) is 24.3 Å². The quantitative estimate of drug-likeness (QED) is 0.837. The summed E-state index contributed by atoms with van der Waals surface area (Å²) < 4.78 is 10.8. The van der Waals surface area contributed by atoms with Gasteiger partial charge in [-0.3, -0.25) is 0 Å². The summed E-state index contributed by atoms with van der Waals surface area (Å²) in [5, 5.41) is 8.90. The first-order valence-corrected chi connectivity index (χ1v) is 7.65. The van der Waals surface area contributed by atoms with E-state index in [0.717, 1.165) is 5.56 Å². The van der Waals surface area contributed by atoms with Crippen molar-refractivity contribution in [2.24, 2.45) is 0 Å². The van der Waals surface area contributed by atoms with Gasteiger partial charge >= 0.3 is 107 Å². The van der Waals surface area contributed by atoms with E-state index >= 15 is 0 Å². The summed E-state index contributed by atoms with van der Waals surface area (Å²) in [5.41, 5.74) is 0.746. The van der Waals surface area contributed by atoms with Crippen LogP contribution in [0.2, 0.25) is 0 Å². The molecule has 0 bridgehead atoms. The average molecular weight is 352 g/mol. The summed E-state index contributed by atoms with van der Waals surface area (Å²) in [6, 6.07) is 6.80. The van der Waals surface area contributed by atoms with Gasteiger partial charge in [-0.2, -0.15) is 0 Å². The molecule has 0 fully saturated rings. The van der Waals surface area contributed by atoms with E-state index in [2.05, 4.69) is 0 Å². The van der Waals surface area contributed by atoms with Gasteiger partial charge in [-0.1, -0.05) is 0 Å². The molecule has 0 aliphatic rings. The fourth-order valence-corrected chi connectivity index (χ4v) is 3.67. The van der Waals surface area contributed by atoms with Crippen LogP contribution in [0.4, 0.5) is 0 Å². The third kappa shape index (κ3) is 4.70. The van der Waals surface area contributed by atoms with E-state index in [1.165, 1.54) is 13.8 Å². The second-order valence-corrected chi connectivity index (χ2v) is 6.51. The van der Waals surface area contributed by atoms with Gasteiger partial charge < -0.3 is 0 Å². The predicted molar refractivity (Wildman–Crippen MR) is 68.6 cm³/mol. The number of carbonyl (C=O) groups is 2. The summed E-state index contributed by atoms with van der Waals surface area (Å²) in [4.78, 5) is 21.8. The molecule has 6 heteroatoms. The van der Waals surface area contributed by atoms with Crippen molar-refractivity contribution in [3.63, 3.8) is 0 Å². The van der Waals surface area contributed by atoms with Crippen LogP contribution in [0.5, 0.6) is 0 Å². The van der Waals surface area contributed by atoms with Gasteiger partial charge in [0.1, 0.15) is 0 Å². The SMILES string of the molecule is CC(=O)OI(OC(C)=O)c1ccc(CO)cc1. The molecule has 0 heterocycles. The fraction of sp³-hybridized carbons (Fsp3) is 0.273. The monoisotopic (exact) mass is 352 g/mol. The molecule has 0 unspecified atom stereocenters. The molecule has 0 aliphatic heterocycles. The van der Waals surface area contributed by atoms with Crippen molar-refractivity contribution in [2.45, 2.75) is 20.5 Å². The van der Waals surface area contributed by atoms with Gasteiger partial charge in [0, 0.05) is 0 Å². The number of benzene rings is 1. The maximum absolute atomic E-state index is 10.9. The van der Waals surface area contributed by atoms with Gasteiger partial charge in [-0.15, -0.1) is 0 Å². The fourth-order valence-electron chi connectivity index (χ4n) is 0.995. The van der Waals surface area contributed by atoms with Gasteiger partial charge in [0.2, 0.25) is 0 Å². The molecule has 0 radical (unpaired) electrons. The molecule has 5 nitrogen and oxygen atoms in total. The van der Waals surface area contributed by atoms with E-state index in [4.69, 9.17) is 11.2 Å². The van der Waals surface area contributed by atoms with E-state index < -0.39 is 32.6 Å². The number of aliphatic hydroxyl groups excluding tert-OH is 1. The zero-order valence-corrected chi connectivity index (χ0v) is 11.6. The van der Waals surface area contributed by atoms with Gasteiger partial charge in [0.05, 0.1) is 0 Å². The molecular weight excluding hydrogens is 339 g/mol. The molecule has 0 saturated heterocycles. The topological polar surface area (TPSA) is 72.8 Å². The van der Waals surface area contributed by atoms with Crippen molar-refractivity contribution in [3.8, 4) is 0 Å². The number of aliphatic hydroxyl groups is 1. The van der Waals surface area contributed by atoms with Crippen LogP contribution in [-0.4, -0.2) is 17.0 Å². The van der Waals surface area contributed by atoms with Crippen molar-refractivity contribution >= 4 is 32.6 Å². The third-order valence-corrected chi connectivity index (χ3v) is 5.41. The Bertz CT molecular complexity index is 385. The number of hydrogen-bond donors (Lipinski definition) is 1. The molecule has 0 aromatic heterocycles. The Kier molecular flexibility index (Phi) is 5.36. The van der Waals surface area contributed by atoms with Crippen molar-refractivity contribution in [3.05, 3.63) is 33.4 Å². The summed E-state index contributed by atoms with van der Waals surface area (Å²) in [6.45, 7) is 2.49. The Hall–Kier alpha value is -1.15. The van der Waals surface area contributed by atoms with Crippen molar-refractivity contribution in [2.75, 3.05) is 0 Å². The van der Waals surface area contributed by atoms with Gasteiger partial charge in [0.15, 0.2) is 0 Å². The van der Waals surface area contributed by atoms with Crippen molar-refractivity contribution in [1.29, 1.82) is 0 Å². The van der Waals surface area contributed by atoms with Crippen LogP contribution in [0, 0.1) is 3.57 Å². The Labute approximate surface area is 107 Å². The van der Waals surface area contributed by atoms with E-state index in [9.17, 15) is 9.59 Å². The zero-order chi connectivity index (χ0) is 12.8. The first kappa shape index (κ1) is 13.9. The molecular formula is C11H13IO5. The summed E-state index contributed by atoms with van der Waals surface area (Å²) in [7, 11) is 0. The second-order valence-electron chi connectivity index (χ2n) is 3.14.